The van der Waals surface area contributed by atoms with E-state index in [4.69, 9.17) is 81.7 Å². The average molecular weight is 1710 g/mol. The van der Waals surface area contributed by atoms with Gasteiger partial charge in [-0.1, -0.05) is 82.3 Å². The van der Waals surface area contributed by atoms with Gasteiger partial charge in [-0.05, 0) is 160 Å². The van der Waals surface area contributed by atoms with E-state index < -0.39 is 36.0 Å². The van der Waals surface area contributed by atoms with Gasteiger partial charge in [0.25, 0.3) is 29.5 Å². The third kappa shape index (κ3) is 18.0. The minimum atomic E-state index is -1.20. The van der Waals surface area contributed by atoms with Gasteiger partial charge in [0.05, 0.1) is 65.7 Å². The highest BCUT2D eigenvalue weighted by atomic mass is 35.5. The van der Waals surface area contributed by atoms with Crippen LogP contribution < -0.4 is 45.0 Å². The van der Waals surface area contributed by atoms with Crippen molar-refractivity contribution < 1.29 is 74.0 Å². The number of aromatic nitrogens is 10. The van der Waals surface area contributed by atoms with Gasteiger partial charge in [-0.2, -0.15) is 25.5 Å². The molecule has 117 heavy (non-hydrogen) atoms. The van der Waals surface area contributed by atoms with Crippen LogP contribution in [0.1, 0.15) is 129 Å². The van der Waals surface area contributed by atoms with Crippen molar-refractivity contribution in [3.8, 4) is 85.0 Å². The first-order valence-electron chi connectivity index (χ1n) is 38.5. The number of rotatable bonds is 14. The summed E-state index contributed by atoms with van der Waals surface area (Å²) in [6, 6.07) is 26.3. The third-order valence-corrected chi connectivity index (χ3v) is 21.7. The number of benzene rings is 5. The number of carbonyl (C=O) groups is 5. The second-order valence-corrected chi connectivity index (χ2v) is 31.9. The number of hydrogen-bond acceptors (Lipinski definition) is 15. The summed E-state index contributed by atoms with van der Waals surface area (Å²) in [5, 5.41) is 35.0. The smallest absolute Gasteiger partial charge is 0.275 e. The Morgan fingerprint density at radius 1 is 0.376 bits per heavy atom. The lowest BCUT2D eigenvalue weighted by atomic mass is 10.00. The van der Waals surface area contributed by atoms with Crippen molar-refractivity contribution in [2.75, 3.05) is 46.1 Å². The monoisotopic (exact) mass is 1710 g/mol. The minimum absolute atomic E-state index is 0.00485. The zero-order chi connectivity index (χ0) is 81.6. The fourth-order valence-electron chi connectivity index (χ4n) is 13.8. The number of likely N-dealkylation sites (tertiary alicyclic amines) is 1. The Balaban J connectivity index is 0.000000110. The maximum atomic E-state index is 14.4. The summed E-state index contributed by atoms with van der Waals surface area (Å²) in [7, 11) is 0. The number of ether oxygens (including phenoxy) is 5. The van der Waals surface area contributed by atoms with Crippen molar-refractivity contribution in [2.45, 2.75) is 153 Å². The van der Waals surface area contributed by atoms with E-state index in [2.05, 4.69) is 46.8 Å². The molecule has 3 atom stereocenters. The third-order valence-electron chi connectivity index (χ3n) is 20.4. The fourth-order valence-corrected chi connectivity index (χ4v) is 14.6. The predicted molar refractivity (Wildman–Crippen MR) is 422 cm³/mol. The Bertz CT molecular complexity index is 5510. The van der Waals surface area contributed by atoms with Gasteiger partial charge in [-0.3, -0.25) is 24.0 Å². The summed E-state index contributed by atoms with van der Waals surface area (Å²) in [5.74, 6) is -0.882. The van der Waals surface area contributed by atoms with Crippen molar-refractivity contribution in [1.82, 2.24) is 75.1 Å². The van der Waals surface area contributed by atoms with Crippen LogP contribution in [-0.2, 0) is 32.7 Å². The van der Waals surface area contributed by atoms with Gasteiger partial charge in [0.15, 0.2) is 47.0 Å². The van der Waals surface area contributed by atoms with E-state index in [1.807, 2.05) is 19.1 Å². The molecule has 5 aromatic carbocycles. The van der Waals surface area contributed by atoms with Crippen LogP contribution >= 0.6 is 58.0 Å². The largest absolute Gasteiger partial charge is 0.477 e. The number of amides is 5. The van der Waals surface area contributed by atoms with E-state index in [0.29, 0.717) is 122 Å². The van der Waals surface area contributed by atoms with Crippen LogP contribution in [0.15, 0.2) is 97.1 Å². The summed E-state index contributed by atoms with van der Waals surface area (Å²) in [6.07, 6.45) is 6.88. The summed E-state index contributed by atoms with van der Waals surface area (Å²) in [6.45, 7) is 5.68. The molecule has 0 bridgehead atoms. The molecule has 20 rings (SSSR count). The van der Waals surface area contributed by atoms with Crippen molar-refractivity contribution in [3.63, 3.8) is 0 Å². The van der Waals surface area contributed by atoms with Crippen molar-refractivity contribution >= 4 is 87.5 Å². The maximum absolute atomic E-state index is 14.4. The van der Waals surface area contributed by atoms with E-state index in [0.717, 1.165) is 87.3 Å². The quantitative estimate of drug-likeness (QED) is 0.0737. The second kappa shape index (κ2) is 34.2. The molecule has 0 radical (unpaired) electrons. The van der Waals surface area contributed by atoms with Crippen molar-refractivity contribution in [2.24, 2.45) is 0 Å². The number of halogens is 11. The number of nitrogens with zero attached hydrogens (tertiary/aromatic N) is 11. The number of carbonyl (C=O) groups excluding carboxylic acids is 5. The van der Waals surface area contributed by atoms with Crippen LogP contribution in [-0.4, -0.2) is 172 Å². The molecule has 5 amide bonds. The molecule has 4 aliphatic carbocycles. The Morgan fingerprint density at radius 3 is 1.13 bits per heavy atom. The Kier molecular flexibility index (Phi) is 23.5. The van der Waals surface area contributed by atoms with Gasteiger partial charge in [-0.25, -0.2) is 49.8 Å². The number of fused-ring (bicyclic) bond motifs is 5. The summed E-state index contributed by atoms with van der Waals surface area (Å²) < 4.78 is 119. The van der Waals surface area contributed by atoms with Gasteiger partial charge in [0.2, 0.25) is 29.4 Å². The number of alkyl halides is 3. The SMILES string of the molecule is Cc1cc(Cl)ccc1-c1c(C(=O)NC2CC2)nn2c1OCC(F)C2.O=C(NC1CC1)c1nn2c(c1-c1ccc(Cl)c(F)c1)OCC(F)C2.O=C(NC1CC1)c1nn2c(c1-c1ccc(Cl)cc1)OCC(F)C2.O=C(NC1CC1)c1nn2c(c1-c1ccc(Cl)cc1F)OCCC2.O=C(c1nn2c(c1-c1ccc(Cl)cc1F)OCCC2)N1CCC1. The molecule has 5 fully saturated rings. The normalized spacial score (nSPS) is 18.4. The van der Waals surface area contributed by atoms with Gasteiger partial charge in [0.1, 0.15) is 37.3 Å². The molecule has 4 saturated carbocycles. The van der Waals surface area contributed by atoms with E-state index in [9.17, 15) is 50.3 Å². The molecular formula is C81H76Cl5F6N15O10. The highest BCUT2D eigenvalue weighted by Gasteiger charge is 2.40. The predicted octanol–water partition coefficient (Wildman–Crippen LogP) is 14.9. The highest BCUT2D eigenvalue weighted by Crippen LogP contribution is 2.45. The lowest BCUT2D eigenvalue weighted by molar-refractivity contribution is 0.0644. The fraction of sp³-hybridized carbons (Fsp3) is 0.383. The minimum Gasteiger partial charge on any atom is -0.477 e. The summed E-state index contributed by atoms with van der Waals surface area (Å²) in [5.41, 5.74) is 6.96. The number of hydrogen-bond donors (Lipinski definition) is 4. The summed E-state index contributed by atoms with van der Waals surface area (Å²) >= 11 is 29.4. The zero-order valence-electron chi connectivity index (χ0n) is 62.7. The molecule has 4 N–H and O–H groups in total. The molecule has 0 spiro atoms. The number of aryl methyl sites for hydroxylation is 3. The molecule has 10 aliphatic rings. The van der Waals surface area contributed by atoms with Gasteiger partial charge >= 0.3 is 0 Å². The molecule has 612 valence electrons. The van der Waals surface area contributed by atoms with Crippen LogP contribution in [0.3, 0.4) is 0 Å². The lowest BCUT2D eigenvalue weighted by Gasteiger charge is -2.30. The van der Waals surface area contributed by atoms with Crippen LogP contribution in [0.4, 0.5) is 26.3 Å². The molecule has 10 aromatic rings. The molecule has 5 aromatic heterocycles. The first-order chi connectivity index (χ1) is 56.4. The van der Waals surface area contributed by atoms with Crippen LogP contribution in [0.25, 0.3) is 55.6 Å². The maximum Gasteiger partial charge on any atom is 0.275 e. The molecular weight excluding hydrogens is 1630 g/mol. The first-order valence-corrected chi connectivity index (χ1v) is 40.4. The summed E-state index contributed by atoms with van der Waals surface area (Å²) in [4.78, 5) is 64.5. The van der Waals surface area contributed by atoms with Crippen LogP contribution in [0.5, 0.6) is 29.4 Å². The first kappa shape index (κ1) is 80.3. The van der Waals surface area contributed by atoms with Crippen LogP contribution in [0.2, 0.25) is 25.1 Å². The lowest BCUT2D eigenvalue weighted by Crippen LogP contribution is -2.42. The van der Waals surface area contributed by atoms with Gasteiger partial charge in [0, 0.05) is 94.4 Å². The second-order valence-electron chi connectivity index (χ2n) is 29.7. The Morgan fingerprint density at radius 2 is 0.726 bits per heavy atom. The number of nitrogens with one attached hydrogen (secondary N) is 4. The molecule has 1 saturated heterocycles. The molecule has 6 aliphatic heterocycles. The van der Waals surface area contributed by atoms with E-state index >= 15 is 0 Å². The van der Waals surface area contributed by atoms with Gasteiger partial charge < -0.3 is 49.9 Å². The van der Waals surface area contributed by atoms with E-state index in [1.165, 1.54) is 38.3 Å². The topological polar surface area (TPSA) is 272 Å². The van der Waals surface area contributed by atoms with Gasteiger partial charge in [-0.15, -0.1) is 0 Å². The van der Waals surface area contributed by atoms with Crippen LogP contribution in [0, 0.1) is 24.4 Å². The highest BCUT2D eigenvalue weighted by molar-refractivity contribution is 6.32. The molecule has 11 heterocycles. The molecule has 25 nitrogen and oxygen atoms in total. The Labute approximate surface area is 690 Å². The standard InChI is InChI=1S/C17H17ClFN3O2.C16H14ClF2N3O2.3C16H15ClFN3O2/c1-9-6-10(18)2-5-13(9)14-15(16(23)20-12-3-4-12)21-22-7-11(19)8-24-17(14)22;17-11-4-1-8(5-12(11)19)13-14(15(23)20-10-2-3-10)21-22-6-9(18)7-24-16(13)22;17-9-2-5-11(12(18)8-9)13-14(15(22)19-10-3-4-10)20-21-6-1-7-23-16(13)21;17-10-3-4-11(12(18)9-10)13-14(15(22)20-5-1-6-20)19-21-7-2-8-23-16(13)21;17-10-3-1-9(2-4-10)13-14(15(22)19-12-5-6-12)20-21-7-11(18)8-23-16(13)21/h2,5-6,11-12H,3-4,7-8H2,1H3,(H,20,23);1,4-5,9-10H,2-3,6-7H2,(H,20,23);2,5,8,10H,1,3-4,6-7H2,(H,19,22);3-4,9H,1-2,5-8H2;1-4,11-12H,5-8H2,(H,19,22). The molecule has 3 unspecified atom stereocenters. The Hall–Kier alpha value is -10.5. The molecule has 36 heteroatoms. The average Bonchev–Trinajstić information content (AvgIpc) is 1.65. The van der Waals surface area contributed by atoms with Crippen molar-refractivity contribution in [3.05, 3.63) is 174 Å². The van der Waals surface area contributed by atoms with Crippen molar-refractivity contribution in [1.29, 1.82) is 0 Å². The van der Waals surface area contributed by atoms with E-state index in [1.54, 1.807) is 74.9 Å². The van der Waals surface area contributed by atoms with E-state index in [-0.39, 0.29) is 138 Å². The zero-order valence-corrected chi connectivity index (χ0v) is 66.5.